The summed E-state index contributed by atoms with van der Waals surface area (Å²) in [7, 11) is -3.51. The highest BCUT2D eigenvalue weighted by molar-refractivity contribution is 7.92. The summed E-state index contributed by atoms with van der Waals surface area (Å²) >= 11 is 0. The Kier molecular flexibility index (Phi) is 3.74. The first-order chi connectivity index (χ1) is 10.5. The molecule has 2 aromatic rings. The molecular formula is C17H17NO3S. The number of fused-ring (bicyclic) bond motifs is 1. The van der Waals surface area contributed by atoms with E-state index in [1.165, 1.54) is 4.31 Å². The fourth-order valence-corrected chi connectivity index (χ4v) is 4.47. The molecule has 0 bridgehead atoms. The summed E-state index contributed by atoms with van der Waals surface area (Å²) in [6.45, 7) is 2.05. The van der Waals surface area contributed by atoms with Crippen molar-refractivity contribution in [3.63, 3.8) is 0 Å². The molecule has 4 nitrogen and oxygen atoms in total. The van der Waals surface area contributed by atoms with Gasteiger partial charge in [-0.2, -0.15) is 0 Å². The van der Waals surface area contributed by atoms with Gasteiger partial charge < -0.3 is 0 Å². The summed E-state index contributed by atoms with van der Waals surface area (Å²) in [5.74, 6) is -0.0552. The van der Waals surface area contributed by atoms with Crippen LogP contribution in [0.15, 0.2) is 48.5 Å². The summed E-state index contributed by atoms with van der Waals surface area (Å²) in [6, 6.07) is 14.4. The summed E-state index contributed by atoms with van der Waals surface area (Å²) in [4.78, 5) is 12.0. The molecule has 2 aromatic carbocycles. The number of rotatable bonds is 3. The number of Topliss-reactive ketones (excluding diaryl/α,β-unsaturated/α-hetero) is 1. The molecule has 5 heteroatoms. The third-order valence-electron chi connectivity index (χ3n) is 3.86. The number of carbonyl (C=O) groups excluding carboxylic acids is 1. The number of anilines is 1. The van der Waals surface area contributed by atoms with Crippen LogP contribution in [-0.2, 0) is 15.8 Å². The van der Waals surface area contributed by atoms with Crippen LogP contribution in [0.2, 0.25) is 0 Å². The number of para-hydroxylation sites is 1. The number of carbonyl (C=O) groups is 1. The number of benzene rings is 2. The van der Waals surface area contributed by atoms with Crippen molar-refractivity contribution in [3.8, 4) is 0 Å². The SMILES string of the molecule is Cc1cccc2c1N(S(=O)(=O)Cc1ccccc1)CCC2=O. The van der Waals surface area contributed by atoms with Gasteiger partial charge in [-0.25, -0.2) is 8.42 Å². The Bertz CT molecular complexity index is 813. The maximum Gasteiger partial charge on any atom is 0.239 e. The fourth-order valence-electron chi connectivity index (χ4n) is 2.81. The van der Waals surface area contributed by atoms with Crippen molar-refractivity contribution in [1.82, 2.24) is 0 Å². The van der Waals surface area contributed by atoms with E-state index in [0.29, 0.717) is 11.3 Å². The molecule has 114 valence electrons. The van der Waals surface area contributed by atoms with Crippen LogP contribution in [0.4, 0.5) is 5.69 Å². The van der Waals surface area contributed by atoms with Crippen LogP contribution in [0.25, 0.3) is 0 Å². The molecular weight excluding hydrogens is 298 g/mol. The Morgan fingerprint density at radius 1 is 1.05 bits per heavy atom. The fraction of sp³-hybridized carbons (Fsp3) is 0.235. The standard InChI is InChI=1S/C17H17NO3S/c1-13-6-5-9-15-16(19)10-11-18(17(13)15)22(20,21)12-14-7-3-2-4-8-14/h2-9H,10-12H2,1H3. The van der Waals surface area contributed by atoms with Crippen LogP contribution in [-0.4, -0.2) is 20.7 Å². The summed E-state index contributed by atoms with van der Waals surface area (Å²) in [5, 5.41) is 0. The van der Waals surface area contributed by atoms with E-state index in [4.69, 9.17) is 0 Å². The molecule has 1 aliphatic rings. The van der Waals surface area contributed by atoms with Crippen LogP contribution >= 0.6 is 0 Å². The minimum Gasteiger partial charge on any atom is -0.294 e. The van der Waals surface area contributed by atoms with Crippen molar-refractivity contribution in [1.29, 1.82) is 0 Å². The second kappa shape index (κ2) is 5.57. The predicted octanol–water partition coefficient (Wildman–Crippen LogP) is 2.92. The predicted molar refractivity (Wildman–Crippen MR) is 86.5 cm³/mol. The Morgan fingerprint density at radius 3 is 2.50 bits per heavy atom. The molecule has 0 fully saturated rings. The number of nitrogens with zero attached hydrogens (tertiary/aromatic N) is 1. The maximum atomic E-state index is 12.8. The first kappa shape index (κ1) is 14.8. The van der Waals surface area contributed by atoms with Crippen molar-refractivity contribution >= 4 is 21.5 Å². The molecule has 0 unspecified atom stereocenters. The molecule has 0 N–H and O–H groups in total. The van der Waals surface area contributed by atoms with Gasteiger partial charge in [0.05, 0.1) is 11.4 Å². The highest BCUT2D eigenvalue weighted by Gasteiger charge is 2.32. The monoisotopic (exact) mass is 315 g/mol. The van der Waals surface area contributed by atoms with Crippen molar-refractivity contribution in [2.45, 2.75) is 19.1 Å². The zero-order valence-electron chi connectivity index (χ0n) is 12.3. The van der Waals surface area contributed by atoms with Crippen molar-refractivity contribution in [3.05, 3.63) is 65.2 Å². The topological polar surface area (TPSA) is 54.5 Å². The van der Waals surface area contributed by atoms with Gasteiger partial charge in [-0.05, 0) is 24.1 Å². The molecule has 0 spiro atoms. The van der Waals surface area contributed by atoms with E-state index in [0.717, 1.165) is 11.1 Å². The van der Waals surface area contributed by atoms with E-state index in [9.17, 15) is 13.2 Å². The minimum absolute atomic E-state index is 0.00450. The van der Waals surface area contributed by atoms with Gasteiger partial charge in [0, 0.05) is 18.5 Å². The van der Waals surface area contributed by atoms with E-state index in [1.54, 1.807) is 24.3 Å². The second-order valence-electron chi connectivity index (χ2n) is 5.46. The largest absolute Gasteiger partial charge is 0.294 e. The molecule has 1 heterocycles. The Labute approximate surface area is 130 Å². The summed E-state index contributed by atoms with van der Waals surface area (Å²) in [5.41, 5.74) is 2.59. The van der Waals surface area contributed by atoms with Gasteiger partial charge in [-0.15, -0.1) is 0 Å². The second-order valence-corrected chi connectivity index (χ2v) is 7.35. The van der Waals surface area contributed by atoms with E-state index in [1.807, 2.05) is 31.2 Å². The summed E-state index contributed by atoms with van der Waals surface area (Å²) in [6.07, 6.45) is 0.227. The Morgan fingerprint density at radius 2 is 1.77 bits per heavy atom. The number of hydrogen-bond donors (Lipinski definition) is 0. The quantitative estimate of drug-likeness (QED) is 0.875. The van der Waals surface area contributed by atoms with E-state index >= 15 is 0 Å². The number of aryl methyl sites for hydroxylation is 1. The lowest BCUT2D eigenvalue weighted by Crippen LogP contribution is -2.38. The van der Waals surface area contributed by atoms with Gasteiger partial charge in [-0.1, -0.05) is 42.5 Å². The van der Waals surface area contributed by atoms with Crippen LogP contribution in [0.5, 0.6) is 0 Å². The Balaban J connectivity index is 2.03. The molecule has 22 heavy (non-hydrogen) atoms. The molecule has 0 saturated carbocycles. The normalized spacial score (nSPS) is 14.8. The molecule has 0 aliphatic carbocycles. The lowest BCUT2D eigenvalue weighted by atomic mass is 9.99. The average molecular weight is 315 g/mol. The van der Waals surface area contributed by atoms with E-state index < -0.39 is 10.0 Å². The van der Waals surface area contributed by atoms with Crippen LogP contribution in [0.1, 0.15) is 27.9 Å². The third kappa shape index (κ3) is 2.64. The number of sulfonamides is 1. The van der Waals surface area contributed by atoms with E-state index in [-0.39, 0.29) is 24.5 Å². The highest BCUT2D eigenvalue weighted by Crippen LogP contribution is 2.33. The van der Waals surface area contributed by atoms with Gasteiger partial charge in [0.1, 0.15) is 0 Å². The number of ketones is 1. The molecule has 0 aromatic heterocycles. The zero-order chi connectivity index (χ0) is 15.7. The van der Waals surface area contributed by atoms with Gasteiger partial charge >= 0.3 is 0 Å². The smallest absolute Gasteiger partial charge is 0.239 e. The van der Waals surface area contributed by atoms with Crippen molar-refractivity contribution in [2.75, 3.05) is 10.8 Å². The first-order valence-electron chi connectivity index (χ1n) is 7.16. The highest BCUT2D eigenvalue weighted by atomic mass is 32.2. The molecule has 3 rings (SSSR count). The van der Waals surface area contributed by atoms with Crippen LogP contribution in [0, 0.1) is 6.92 Å². The molecule has 0 radical (unpaired) electrons. The lowest BCUT2D eigenvalue weighted by Gasteiger charge is -2.31. The van der Waals surface area contributed by atoms with Crippen LogP contribution < -0.4 is 4.31 Å². The lowest BCUT2D eigenvalue weighted by molar-refractivity contribution is 0.0982. The van der Waals surface area contributed by atoms with Crippen molar-refractivity contribution in [2.24, 2.45) is 0 Å². The van der Waals surface area contributed by atoms with Gasteiger partial charge in [0.15, 0.2) is 5.78 Å². The average Bonchev–Trinajstić information content (AvgIpc) is 2.49. The third-order valence-corrected chi connectivity index (χ3v) is 5.59. The molecule has 0 amide bonds. The Hall–Kier alpha value is -2.14. The van der Waals surface area contributed by atoms with Crippen molar-refractivity contribution < 1.29 is 13.2 Å². The number of hydrogen-bond acceptors (Lipinski definition) is 3. The van der Waals surface area contributed by atoms with Gasteiger partial charge in [-0.3, -0.25) is 9.10 Å². The first-order valence-corrected chi connectivity index (χ1v) is 8.77. The zero-order valence-corrected chi connectivity index (χ0v) is 13.1. The van der Waals surface area contributed by atoms with E-state index in [2.05, 4.69) is 0 Å². The van der Waals surface area contributed by atoms with Gasteiger partial charge in [0.25, 0.3) is 0 Å². The van der Waals surface area contributed by atoms with Gasteiger partial charge in [0.2, 0.25) is 10.0 Å². The minimum atomic E-state index is -3.51. The molecule has 0 saturated heterocycles. The molecule has 1 aliphatic heterocycles. The molecule has 0 atom stereocenters. The van der Waals surface area contributed by atoms with Crippen LogP contribution in [0.3, 0.4) is 0 Å². The maximum absolute atomic E-state index is 12.8. The summed E-state index contributed by atoms with van der Waals surface area (Å²) < 4.78 is 27.0.